The Morgan fingerprint density at radius 2 is 0.577 bits per heavy atom. The summed E-state index contributed by atoms with van der Waals surface area (Å²) in [4.78, 5) is 28.5. The highest BCUT2D eigenvalue weighted by Gasteiger charge is 2.57. The molecule has 0 saturated carbocycles. The van der Waals surface area contributed by atoms with Crippen molar-refractivity contribution in [2.75, 3.05) is 26.4 Å². The van der Waals surface area contributed by atoms with Crippen molar-refractivity contribution < 1.29 is 90.1 Å². The number of nitrogens with one attached hydrogen (secondary N) is 1. The number of hydrogen-bond donors (Lipinski definition) is 1. The zero-order valence-electron chi connectivity index (χ0n) is 71.2. The van der Waals surface area contributed by atoms with Gasteiger partial charge in [0.2, 0.25) is 0 Å². The number of carbonyl (C=O) groups is 2. The minimum Gasteiger partial charge on any atom is -0.461 e. The van der Waals surface area contributed by atoms with E-state index in [2.05, 4.69) is 25.0 Å². The molecule has 0 unspecified atom stereocenters. The molecule has 0 aromatic heterocycles. The van der Waals surface area contributed by atoms with Crippen LogP contribution in [0.5, 0.6) is 0 Å². The summed E-state index contributed by atoms with van der Waals surface area (Å²) >= 11 is 0. The lowest BCUT2D eigenvalue weighted by Crippen LogP contribution is -2.68. The maximum atomic E-state index is 14.6. The van der Waals surface area contributed by atoms with Gasteiger partial charge in [0.1, 0.15) is 84.5 Å². The SMILES string of the molecule is CC(C)(C)OC(=O)N/C(=C/C[C@@H]1O[C@H](COCc2ccccc2)[C@@H](O[C@@H]2O[C@H](COCc3ccccc3)[C@H](O[C@H]3O[C@H](COCc4ccccc4)[C@H](OCc4ccccc4)[C@H](OCc4ccccc4)[C@H]3OCc3ccccc3)[C@H](OCc3ccccc3)[C@H]2OCc2ccccc2)[C@H](OCc2ccccc2)[C@H]1OCc1ccccc1)C(=O)OCC[Si](C)(C)C. The molecule has 1 N–H and O–H groups in total. The molecular formula is C102H117NO19Si. The molecule has 10 aromatic rings. The van der Waals surface area contributed by atoms with Crippen LogP contribution in [-0.4, -0.2) is 144 Å². The molecule has 648 valence electrons. The van der Waals surface area contributed by atoms with E-state index in [0.717, 1.165) is 55.6 Å². The Morgan fingerprint density at radius 1 is 0.325 bits per heavy atom. The number of esters is 1. The molecule has 0 spiro atoms. The van der Waals surface area contributed by atoms with Crippen molar-refractivity contribution in [3.63, 3.8) is 0 Å². The highest BCUT2D eigenvalue weighted by atomic mass is 28.3. The number of ether oxygens (including phenoxy) is 17. The molecule has 15 atom stereocenters. The Bertz CT molecular complexity index is 4680. The first kappa shape index (κ1) is 91.0. The van der Waals surface area contributed by atoms with Gasteiger partial charge in [-0.15, -0.1) is 0 Å². The lowest BCUT2D eigenvalue weighted by Gasteiger charge is -2.52. The fourth-order valence-corrected chi connectivity index (χ4v) is 15.6. The van der Waals surface area contributed by atoms with Gasteiger partial charge in [0.05, 0.1) is 98.6 Å². The van der Waals surface area contributed by atoms with E-state index in [-0.39, 0.29) is 105 Å². The van der Waals surface area contributed by atoms with Crippen molar-refractivity contribution in [2.45, 2.75) is 216 Å². The summed E-state index contributed by atoms with van der Waals surface area (Å²) in [5.74, 6) is -0.742. The molecular weight excluding hydrogens is 1570 g/mol. The second-order valence-corrected chi connectivity index (χ2v) is 38.9. The Balaban J connectivity index is 0.958. The molecule has 0 aliphatic carbocycles. The Morgan fingerprint density at radius 3 is 0.878 bits per heavy atom. The smallest absolute Gasteiger partial charge is 0.412 e. The summed E-state index contributed by atoms with van der Waals surface area (Å²) in [7, 11) is -1.70. The first-order chi connectivity index (χ1) is 60.1. The topological polar surface area (TPSA) is 203 Å². The van der Waals surface area contributed by atoms with Crippen molar-refractivity contribution in [2.24, 2.45) is 0 Å². The number of amides is 1. The maximum Gasteiger partial charge on any atom is 0.412 e. The quantitative estimate of drug-likeness (QED) is 0.0214. The first-order valence-corrected chi connectivity index (χ1v) is 46.4. The minimum absolute atomic E-state index is 0.0316. The van der Waals surface area contributed by atoms with E-state index in [1.165, 1.54) is 0 Å². The molecule has 21 heteroatoms. The van der Waals surface area contributed by atoms with Gasteiger partial charge in [0.15, 0.2) is 12.6 Å². The molecule has 3 heterocycles. The number of carbonyl (C=O) groups excluding carboxylic acids is 2. The largest absolute Gasteiger partial charge is 0.461 e. The summed E-state index contributed by atoms with van der Waals surface area (Å²) in [6.07, 6.45) is -15.4. The molecule has 0 bridgehead atoms. The van der Waals surface area contributed by atoms with Crippen molar-refractivity contribution >= 4 is 20.1 Å². The van der Waals surface area contributed by atoms with E-state index in [4.69, 9.17) is 80.5 Å². The van der Waals surface area contributed by atoms with Gasteiger partial charge >= 0.3 is 12.1 Å². The van der Waals surface area contributed by atoms with Crippen LogP contribution in [0.4, 0.5) is 4.79 Å². The summed E-state index contributed by atoms with van der Waals surface area (Å²) in [5, 5.41) is 2.75. The standard InChI is InChI=1S/C102H117NO19Si/c1-102(2,3)122-101(105)103-84(98(104)109-59-60-123(4,5)6)57-58-85-89(110-64-77-43-23-10-24-44-77)93(112-66-79-47-27-12-28-48-79)91(87(117-85)72-107-62-75-39-19-8-20-40-75)120-100-97(116-70-83-55-35-16-36-56-83)95(114-68-81-51-31-14-32-52-81)92(88(119-100)73-108-63-76-41-21-9-22-42-76)121-99-96(115-69-82-53-33-15-34-54-82)94(113-67-80-49-29-13-30-50-80)90(111-65-78-45-25-11-26-46-78)86(118-99)71-106-61-74-37-17-7-18-38-74/h7-57,85-97,99-100H,58-73H2,1-6H3,(H,103,105)/b84-57+/t85-,86+,87+,88+,89-,90-,91+,92-,93+,94-,95-,96+,97+,99+,100-/m0/s1. The molecule has 20 nitrogen and oxygen atoms in total. The zero-order valence-corrected chi connectivity index (χ0v) is 72.2. The van der Waals surface area contributed by atoms with Crippen molar-refractivity contribution in [3.05, 3.63) is 371 Å². The lowest BCUT2D eigenvalue weighted by molar-refractivity contribution is -0.389. The van der Waals surface area contributed by atoms with E-state index in [1.807, 2.05) is 303 Å². The molecule has 3 aliphatic rings. The van der Waals surface area contributed by atoms with Crippen LogP contribution in [0.25, 0.3) is 0 Å². The van der Waals surface area contributed by atoms with Gasteiger partial charge < -0.3 is 80.5 Å². The predicted octanol–water partition coefficient (Wildman–Crippen LogP) is 18.4. The highest BCUT2D eigenvalue weighted by molar-refractivity contribution is 6.76. The third kappa shape index (κ3) is 29.2. The Kier molecular flexibility index (Phi) is 35.1. The van der Waals surface area contributed by atoms with E-state index in [1.54, 1.807) is 26.8 Å². The molecule has 0 radical (unpaired) electrons. The second-order valence-electron chi connectivity index (χ2n) is 33.3. The molecule has 3 aliphatic heterocycles. The van der Waals surface area contributed by atoms with Crippen molar-refractivity contribution in [1.29, 1.82) is 0 Å². The summed E-state index contributed by atoms with van der Waals surface area (Å²) < 4.78 is 123. The van der Waals surface area contributed by atoms with Gasteiger partial charge in [-0.05, 0) is 88.9 Å². The van der Waals surface area contributed by atoms with Crippen LogP contribution in [-0.2, 0) is 151 Å². The number of benzene rings is 10. The molecule has 10 aromatic carbocycles. The fourth-order valence-electron chi connectivity index (χ4n) is 14.9. The van der Waals surface area contributed by atoms with Crippen LogP contribution in [0.15, 0.2) is 315 Å². The average molecular weight is 1690 g/mol. The molecule has 1 amide bonds. The van der Waals surface area contributed by atoms with Gasteiger partial charge in [-0.25, -0.2) is 9.59 Å². The van der Waals surface area contributed by atoms with E-state index >= 15 is 0 Å². The molecule has 3 fully saturated rings. The van der Waals surface area contributed by atoms with Crippen LogP contribution in [0.1, 0.15) is 82.8 Å². The van der Waals surface area contributed by atoms with E-state index in [0.29, 0.717) is 6.04 Å². The predicted molar refractivity (Wildman–Crippen MR) is 470 cm³/mol. The Labute approximate surface area is 725 Å². The number of alkyl carbamates (subject to hydrolysis) is 1. The minimum atomic E-state index is -1.70. The van der Waals surface area contributed by atoms with Crippen LogP contribution in [0.2, 0.25) is 25.7 Å². The Hall–Kier alpha value is -9.70. The summed E-state index contributed by atoms with van der Waals surface area (Å²) in [6, 6.07) is 100.0. The number of rotatable bonds is 44. The van der Waals surface area contributed by atoms with Crippen molar-refractivity contribution in [1.82, 2.24) is 5.32 Å². The van der Waals surface area contributed by atoms with Gasteiger partial charge in [-0.3, -0.25) is 5.32 Å². The van der Waals surface area contributed by atoms with Crippen molar-refractivity contribution in [3.8, 4) is 0 Å². The van der Waals surface area contributed by atoms with E-state index < -0.39 is 118 Å². The molecule has 3 saturated heterocycles. The second kappa shape index (κ2) is 47.4. The normalized spacial score (nSPS) is 23.1. The fraction of sp³-hybridized carbons (Fsp3) is 0.373. The van der Waals surface area contributed by atoms with Gasteiger partial charge in [0, 0.05) is 8.07 Å². The van der Waals surface area contributed by atoms with Crippen LogP contribution in [0, 0.1) is 0 Å². The summed E-state index contributed by atoms with van der Waals surface area (Å²) in [6.45, 7) is 13.2. The maximum absolute atomic E-state index is 14.6. The van der Waals surface area contributed by atoms with Crippen LogP contribution in [0.3, 0.4) is 0 Å². The summed E-state index contributed by atoms with van der Waals surface area (Å²) in [5.41, 5.74) is 7.91. The zero-order chi connectivity index (χ0) is 85.3. The van der Waals surface area contributed by atoms with Gasteiger partial charge in [-0.1, -0.05) is 329 Å². The third-order valence-corrected chi connectivity index (χ3v) is 22.9. The monoisotopic (exact) mass is 1690 g/mol. The van der Waals surface area contributed by atoms with Gasteiger partial charge in [-0.2, -0.15) is 0 Å². The van der Waals surface area contributed by atoms with Crippen LogP contribution >= 0.6 is 0 Å². The number of hydrogen-bond acceptors (Lipinski definition) is 19. The molecule has 123 heavy (non-hydrogen) atoms. The highest BCUT2D eigenvalue weighted by Crippen LogP contribution is 2.41. The average Bonchev–Trinajstić information content (AvgIpc) is 0.762. The van der Waals surface area contributed by atoms with Gasteiger partial charge in [0.25, 0.3) is 0 Å². The molecule has 13 rings (SSSR count). The van der Waals surface area contributed by atoms with E-state index in [9.17, 15) is 9.59 Å². The van der Waals surface area contributed by atoms with Crippen LogP contribution < -0.4 is 5.32 Å². The lowest BCUT2D eigenvalue weighted by atomic mass is 9.91. The third-order valence-electron chi connectivity index (χ3n) is 21.2. The first-order valence-electron chi connectivity index (χ1n) is 42.6.